The Morgan fingerprint density at radius 2 is 2.00 bits per heavy atom. The summed E-state index contributed by atoms with van der Waals surface area (Å²) < 4.78 is 0. The standard InChI is InChI=1S/C20H22N6/c1-25(2)14-9-10-26(12-14)13-7-8-17-18(11-13)22-20(21-17)19-15-5-3-4-6-16(15)23-24-19/h3-8,11,14H,9-10,12H2,1-2H3,(H,21,22)(H,23,24). The van der Waals surface area contributed by atoms with Gasteiger partial charge in [-0.05, 0) is 44.8 Å². The number of aromatic nitrogens is 4. The van der Waals surface area contributed by atoms with E-state index in [4.69, 9.17) is 4.98 Å². The van der Waals surface area contributed by atoms with E-state index in [1.807, 2.05) is 18.2 Å². The lowest BCUT2D eigenvalue weighted by Gasteiger charge is -2.21. The first-order valence-corrected chi connectivity index (χ1v) is 9.03. The van der Waals surface area contributed by atoms with Crippen LogP contribution in [0.25, 0.3) is 33.5 Å². The monoisotopic (exact) mass is 346 g/mol. The summed E-state index contributed by atoms with van der Waals surface area (Å²) in [6, 6.07) is 15.2. The summed E-state index contributed by atoms with van der Waals surface area (Å²) in [4.78, 5) is 13.0. The number of aromatic amines is 2. The maximum absolute atomic E-state index is 4.75. The molecular weight excluding hydrogens is 324 g/mol. The number of fused-ring (bicyclic) bond motifs is 2. The molecule has 26 heavy (non-hydrogen) atoms. The van der Waals surface area contributed by atoms with E-state index in [1.54, 1.807) is 0 Å². The number of nitrogens with zero attached hydrogens (tertiary/aromatic N) is 4. The molecule has 132 valence electrons. The largest absolute Gasteiger partial charge is 0.370 e. The molecule has 2 aromatic carbocycles. The Balaban J connectivity index is 1.51. The second-order valence-corrected chi connectivity index (χ2v) is 7.26. The van der Waals surface area contributed by atoms with Gasteiger partial charge in [-0.15, -0.1) is 0 Å². The van der Waals surface area contributed by atoms with Crippen LogP contribution in [-0.2, 0) is 0 Å². The van der Waals surface area contributed by atoms with Crippen LogP contribution in [0.1, 0.15) is 6.42 Å². The van der Waals surface area contributed by atoms with Crippen LogP contribution >= 0.6 is 0 Å². The van der Waals surface area contributed by atoms with Crippen molar-refractivity contribution in [2.75, 3.05) is 32.1 Å². The first-order chi connectivity index (χ1) is 12.7. The number of benzene rings is 2. The second kappa shape index (κ2) is 5.85. The summed E-state index contributed by atoms with van der Waals surface area (Å²) in [7, 11) is 4.32. The molecule has 6 heteroatoms. The SMILES string of the molecule is CN(C)C1CCN(c2ccc3nc(-c4n[nH]c5ccccc45)[nH]c3c2)C1. The maximum Gasteiger partial charge on any atom is 0.159 e. The minimum atomic E-state index is 0.624. The third-order valence-electron chi connectivity index (χ3n) is 5.42. The zero-order valence-corrected chi connectivity index (χ0v) is 15.0. The zero-order chi connectivity index (χ0) is 17.7. The molecule has 0 spiro atoms. The molecule has 6 nitrogen and oxygen atoms in total. The molecule has 0 amide bonds. The van der Waals surface area contributed by atoms with Crippen molar-refractivity contribution >= 4 is 27.6 Å². The van der Waals surface area contributed by atoms with Crippen LogP contribution in [0.15, 0.2) is 42.5 Å². The van der Waals surface area contributed by atoms with E-state index in [0.717, 1.165) is 46.5 Å². The molecule has 2 aromatic heterocycles. The highest BCUT2D eigenvalue weighted by atomic mass is 15.2. The number of likely N-dealkylation sites (N-methyl/N-ethyl adjacent to an activating group) is 1. The first-order valence-electron chi connectivity index (χ1n) is 9.03. The number of hydrogen-bond acceptors (Lipinski definition) is 4. The van der Waals surface area contributed by atoms with Crippen molar-refractivity contribution in [1.29, 1.82) is 0 Å². The Kier molecular flexibility index (Phi) is 3.46. The topological polar surface area (TPSA) is 63.8 Å². The van der Waals surface area contributed by atoms with E-state index in [9.17, 15) is 0 Å². The van der Waals surface area contributed by atoms with Crippen LogP contribution in [-0.4, -0.2) is 58.3 Å². The Bertz CT molecular complexity index is 1080. The number of imidazole rings is 1. The van der Waals surface area contributed by atoms with Gasteiger partial charge < -0.3 is 14.8 Å². The molecule has 3 heterocycles. The first kappa shape index (κ1) is 15.4. The van der Waals surface area contributed by atoms with Crippen LogP contribution in [0.5, 0.6) is 0 Å². The summed E-state index contributed by atoms with van der Waals surface area (Å²) in [5.74, 6) is 0.808. The van der Waals surface area contributed by atoms with Crippen LogP contribution in [0.3, 0.4) is 0 Å². The van der Waals surface area contributed by atoms with Crippen LogP contribution in [0.4, 0.5) is 5.69 Å². The van der Waals surface area contributed by atoms with E-state index in [0.29, 0.717) is 6.04 Å². The summed E-state index contributed by atoms with van der Waals surface area (Å²) in [5.41, 5.74) is 5.17. The second-order valence-electron chi connectivity index (χ2n) is 7.26. The van der Waals surface area contributed by atoms with Crippen molar-refractivity contribution in [1.82, 2.24) is 25.1 Å². The van der Waals surface area contributed by atoms with E-state index >= 15 is 0 Å². The van der Waals surface area contributed by atoms with Gasteiger partial charge in [0.1, 0.15) is 5.69 Å². The summed E-state index contributed by atoms with van der Waals surface area (Å²) in [6.07, 6.45) is 1.21. The van der Waals surface area contributed by atoms with Gasteiger partial charge in [-0.1, -0.05) is 18.2 Å². The van der Waals surface area contributed by atoms with Crippen LogP contribution in [0.2, 0.25) is 0 Å². The molecule has 0 radical (unpaired) electrons. The molecule has 0 saturated carbocycles. The lowest BCUT2D eigenvalue weighted by Crippen LogP contribution is -2.31. The summed E-state index contributed by atoms with van der Waals surface area (Å²) in [5, 5.41) is 8.62. The third-order valence-corrected chi connectivity index (χ3v) is 5.42. The summed E-state index contributed by atoms with van der Waals surface area (Å²) in [6.45, 7) is 2.17. The molecule has 4 aromatic rings. The number of anilines is 1. The highest BCUT2D eigenvalue weighted by Crippen LogP contribution is 2.29. The molecule has 5 rings (SSSR count). The predicted octanol–water partition coefficient (Wildman–Crippen LogP) is 3.25. The molecule has 0 aliphatic carbocycles. The molecule has 1 aliphatic heterocycles. The van der Waals surface area contributed by atoms with Gasteiger partial charge in [-0.25, -0.2) is 4.98 Å². The smallest absolute Gasteiger partial charge is 0.159 e. The van der Waals surface area contributed by atoms with Crippen molar-refractivity contribution in [2.45, 2.75) is 12.5 Å². The molecule has 1 unspecified atom stereocenters. The molecule has 1 atom stereocenters. The van der Waals surface area contributed by atoms with Crippen LogP contribution < -0.4 is 4.90 Å². The number of para-hydroxylation sites is 1. The molecule has 1 aliphatic rings. The number of hydrogen-bond donors (Lipinski definition) is 2. The van der Waals surface area contributed by atoms with Crippen LogP contribution in [0, 0.1) is 0 Å². The van der Waals surface area contributed by atoms with E-state index in [1.165, 1.54) is 12.1 Å². The zero-order valence-electron chi connectivity index (χ0n) is 15.0. The van der Waals surface area contributed by atoms with Crippen molar-refractivity contribution in [3.63, 3.8) is 0 Å². The fourth-order valence-corrected chi connectivity index (χ4v) is 3.85. The fourth-order valence-electron chi connectivity index (χ4n) is 3.85. The number of rotatable bonds is 3. The van der Waals surface area contributed by atoms with Gasteiger partial charge in [0.05, 0.1) is 16.6 Å². The lowest BCUT2D eigenvalue weighted by atomic mass is 10.2. The van der Waals surface area contributed by atoms with Gasteiger partial charge in [-0.2, -0.15) is 5.10 Å². The Morgan fingerprint density at radius 3 is 2.85 bits per heavy atom. The van der Waals surface area contributed by atoms with Crippen molar-refractivity contribution in [2.24, 2.45) is 0 Å². The highest BCUT2D eigenvalue weighted by molar-refractivity contribution is 5.93. The Labute approximate surface area is 151 Å². The quantitative estimate of drug-likeness (QED) is 0.598. The maximum atomic E-state index is 4.75. The Hall–Kier alpha value is -2.86. The number of nitrogens with one attached hydrogen (secondary N) is 2. The van der Waals surface area contributed by atoms with Gasteiger partial charge in [0, 0.05) is 30.2 Å². The van der Waals surface area contributed by atoms with Gasteiger partial charge in [-0.3, -0.25) is 5.10 Å². The van der Waals surface area contributed by atoms with Gasteiger partial charge in [0.25, 0.3) is 0 Å². The Morgan fingerprint density at radius 1 is 1.12 bits per heavy atom. The van der Waals surface area contributed by atoms with Crippen molar-refractivity contribution < 1.29 is 0 Å². The van der Waals surface area contributed by atoms with Gasteiger partial charge >= 0.3 is 0 Å². The molecular formula is C20H22N6. The third kappa shape index (κ3) is 2.45. The van der Waals surface area contributed by atoms with Gasteiger partial charge in [0.2, 0.25) is 0 Å². The number of H-pyrrole nitrogens is 2. The molecule has 1 fully saturated rings. The normalized spacial score (nSPS) is 17.8. The average molecular weight is 346 g/mol. The molecule has 0 bridgehead atoms. The van der Waals surface area contributed by atoms with Crippen molar-refractivity contribution in [3.05, 3.63) is 42.5 Å². The van der Waals surface area contributed by atoms with Gasteiger partial charge in [0.15, 0.2) is 5.82 Å². The highest BCUT2D eigenvalue weighted by Gasteiger charge is 2.24. The molecule has 1 saturated heterocycles. The van der Waals surface area contributed by atoms with E-state index < -0.39 is 0 Å². The molecule has 2 N–H and O–H groups in total. The minimum Gasteiger partial charge on any atom is -0.370 e. The predicted molar refractivity (Wildman–Crippen MR) is 105 cm³/mol. The summed E-state index contributed by atoms with van der Waals surface area (Å²) >= 11 is 0. The van der Waals surface area contributed by atoms with E-state index in [2.05, 4.69) is 63.3 Å². The fraction of sp³-hybridized carbons (Fsp3) is 0.300. The minimum absolute atomic E-state index is 0.624. The van der Waals surface area contributed by atoms with E-state index in [-0.39, 0.29) is 0 Å². The average Bonchev–Trinajstić information content (AvgIpc) is 3.37. The van der Waals surface area contributed by atoms with Crippen molar-refractivity contribution in [3.8, 4) is 11.5 Å². The lowest BCUT2D eigenvalue weighted by molar-refractivity contribution is 0.315.